The van der Waals surface area contributed by atoms with Crippen molar-refractivity contribution < 1.29 is 23.9 Å². The highest BCUT2D eigenvalue weighted by molar-refractivity contribution is 5.67. The maximum atomic E-state index is 9.47. The molecule has 1 rings (SSSR count). The van der Waals surface area contributed by atoms with E-state index >= 15 is 0 Å². The Morgan fingerprint density at radius 2 is 2.00 bits per heavy atom. The second-order valence-electron chi connectivity index (χ2n) is 3.82. The molecule has 1 aliphatic rings. The summed E-state index contributed by atoms with van der Waals surface area (Å²) in [4.78, 5) is 9.47. The van der Waals surface area contributed by atoms with Crippen LogP contribution in [0.1, 0.15) is 6.92 Å². The van der Waals surface area contributed by atoms with E-state index in [0.717, 1.165) is 13.2 Å². The number of nitrogens with zero attached hydrogens (tertiary/aromatic N) is 1. The molecule has 0 aromatic carbocycles. The summed E-state index contributed by atoms with van der Waals surface area (Å²) in [6.45, 7) is 7.55. The number of morpholine rings is 1. The quantitative estimate of drug-likeness (QED) is 0.690. The van der Waals surface area contributed by atoms with Crippen molar-refractivity contribution in [2.45, 2.75) is 6.92 Å². The summed E-state index contributed by atoms with van der Waals surface area (Å²) in [7, 11) is 3.64. The molecule has 1 aliphatic heterocycles. The average molecular weight is 220 g/mol. The summed E-state index contributed by atoms with van der Waals surface area (Å²) < 4.78 is 10.6. The molecule has 1 fully saturated rings. The second-order valence-corrected chi connectivity index (χ2v) is 3.82. The number of carbonyl (C=O) groups is 1. The zero-order chi connectivity index (χ0) is 11.7. The Labute approximate surface area is 91.2 Å². The largest absolute Gasteiger partial charge is 0.480 e. The normalized spacial score (nSPS) is 18.9. The van der Waals surface area contributed by atoms with Gasteiger partial charge in [-0.1, -0.05) is 0 Å². The Balaban J connectivity index is 0.000000288. The van der Waals surface area contributed by atoms with Gasteiger partial charge in [0.1, 0.15) is 19.7 Å². The first-order valence-corrected chi connectivity index (χ1v) is 5.16. The molecular weight excluding hydrogens is 198 g/mol. The van der Waals surface area contributed by atoms with Crippen LogP contribution in [0.4, 0.5) is 0 Å². The van der Waals surface area contributed by atoms with Crippen molar-refractivity contribution in [2.75, 3.05) is 53.6 Å². The van der Waals surface area contributed by atoms with Gasteiger partial charge in [-0.25, -0.2) is 4.79 Å². The molecule has 1 heterocycles. The van der Waals surface area contributed by atoms with Gasteiger partial charge in [-0.2, -0.15) is 0 Å². The summed E-state index contributed by atoms with van der Waals surface area (Å²) in [6, 6.07) is 0. The van der Waals surface area contributed by atoms with Crippen LogP contribution in [0.2, 0.25) is 0 Å². The fourth-order valence-corrected chi connectivity index (χ4v) is 1.22. The molecule has 0 unspecified atom stereocenters. The Kier molecular flexibility index (Phi) is 7.29. The lowest BCUT2D eigenvalue weighted by Crippen LogP contribution is -2.51. The predicted molar refractivity (Wildman–Crippen MR) is 56.8 cm³/mol. The lowest BCUT2D eigenvalue weighted by Gasteiger charge is -2.36. The van der Waals surface area contributed by atoms with Gasteiger partial charge in [-0.3, -0.25) is 0 Å². The van der Waals surface area contributed by atoms with Crippen molar-refractivity contribution in [2.24, 2.45) is 0 Å². The molecule has 5 nitrogen and oxygen atoms in total. The fraction of sp³-hybridized carbons (Fsp3) is 0.900. The van der Waals surface area contributed by atoms with Crippen molar-refractivity contribution in [3.05, 3.63) is 0 Å². The van der Waals surface area contributed by atoms with Gasteiger partial charge in [0, 0.05) is 7.11 Å². The van der Waals surface area contributed by atoms with E-state index in [-0.39, 0.29) is 6.61 Å². The number of quaternary nitrogens is 1. The molecule has 0 amide bonds. The number of likely N-dealkylation sites (N-methyl/N-ethyl adjacent to an activating group) is 1. The van der Waals surface area contributed by atoms with Crippen LogP contribution in [-0.4, -0.2) is 69.2 Å². The van der Waals surface area contributed by atoms with Crippen LogP contribution in [0, 0.1) is 0 Å². The number of carboxylic acids is 1. The number of rotatable bonds is 3. The second kappa shape index (κ2) is 7.62. The van der Waals surface area contributed by atoms with Crippen molar-refractivity contribution in [3.8, 4) is 0 Å². The highest BCUT2D eigenvalue weighted by Crippen LogP contribution is 2.05. The molecule has 0 bridgehead atoms. The van der Waals surface area contributed by atoms with E-state index in [4.69, 9.17) is 9.84 Å². The third-order valence-electron chi connectivity index (χ3n) is 2.58. The van der Waals surface area contributed by atoms with Crippen LogP contribution in [-0.2, 0) is 14.3 Å². The average Bonchev–Trinajstić information content (AvgIpc) is 2.20. The molecule has 0 aliphatic carbocycles. The number of methoxy groups -OCH3 is 1. The molecule has 1 N–H and O–H groups in total. The van der Waals surface area contributed by atoms with Crippen LogP contribution in [0.15, 0.2) is 0 Å². The number of aliphatic carboxylic acids is 1. The molecule has 0 spiro atoms. The van der Waals surface area contributed by atoms with Crippen molar-refractivity contribution in [1.29, 1.82) is 0 Å². The van der Waals surface area contributed by atoms with Crippen molar-refractivity contribution >= 4 is 5.97 Å². The Morgan fingerprint density at radius 1 is 1.47 bits per heavy atom. The number of hydrogen-bond donors (Lipinski definition) is 1. The van der Waals surface area contributed by atoms with E-state index in [0.29, 0.717) is 0 Å². The maximum absolute atomic E-state index is 9.47. The highest BCUT2D eigenvalue weighted by Gasteiger charge is 2.21. The Morgan fingerprint density at radius 3 is 2.20 bits per heavy atom. The molecule has 0 aromatic heterocycles. The van der Waals surface area contributed by atoms with Gasteiger partial charge in [0.05, 0.1) is 26.8 Å². The van der Waals surface area contributed by atoms with Crippen LogP contribution >= 0.6 is 0 Å². The molecule has 1 saturated heterocycles. The van der Waals surface area contributed by atoms with Gasteiger partial charge in [0.15, 0.2) is 0 Å². The first kappa shape index (κ1) is 14.3. The lowest BCUT2D eigenvalue weighted by atomic mass is 10.3. The number of hydrogen-bond acceptors (Lipinski definition) is 3. The van der Waals surface area contributed by atoms with Gasteiger partial charge in [-0.15, -0.1) is 0 Å². The smallest absolute Gasteiger partial charge is 0.329 e. The molecule has 0 aromatic rings. The van der Waals surface area contributed by atoms with Gasteiger partial charge in [-0.05, 0) is 6.92 Å². The monoisotopic (exact) mass is 220 g/mol. The minimum absolute atomic E-state index is 0.208. The predicted octanol–water partition coefficient (Wildman–Crippen LogP) is 0.201. The summed E-state index contributed by atoms with van der Waals surface area (Å²) in [5, 5.41) is 7.79. The summed E-state index contributed by atoms with van der Waals surface area (Å²) >= 11 is 0. The summed E-state index contributed by atoms with van der Waals surface area (Å²) in [5.41, 5.74) is 0. The third-order valence-corrected chi connectivity index (χ3v) is 2.58. The van der Waals surface area contributed by atoms with E-state index in [1.807, 2.05) is 0 Å². The van der Waals surface area contributed by atoms with Crippen LogP contribution in [0.5, 0.6) is 0 Å². The van der Waals surface area contributed by atoms with E-state index in [1.54, 1.807) is 0 Å². The van der Waals surface area contributed by atoms with E-state index in [2.05, 4.69) is 18.7 Å². The minimum Gasteiger partial charge on any atom is -0.480 e. The Bertz CT molecular complexity index is 178. The van der Waals surface area contributed by atoms with Crippen molar-refractivity contribution in [3.63, 3.8) is 0 Å². The molecule has 0 saturated carbocycles. The summed E-state index contributed by atoms with van der Waals surface area (Å²) in [5.74, 6) is -0.933. The van der Waals surface area contributed by atoms with Crippen molar-refractivity contribution in [1.82, 2.24) is 0 Å². The molecule has 0 radical (unpaired) electrons. The first-order chi connectivity index (χ1) is 7.04. The van der Waals surface area contributed by atoms with E-state index in [9.17, 15) is 4.79 Å². The molecular formula is C10H22NO4+. The third kappa shape index (κ3) is 7.30. The standard InChI is InChI=1S/C7H16NO.C3H6O3/c1-3-8(2)4-6-9-7-5-8;1-6-2-3(4)5/h3-7H2,1-2H3;2H2,1H3,(H,4,5)/q+1;. The number of carboxylic acid groups (broad SMARTS) is 1. The molecule has 0 atom stereocenters. The van der Waals surface area contributed by atoms with Gasteiger partial charge < -0.3 is 19.1 Å². The van der Waals surface area contributed by atoms with Crippen LogP contribution in [0.3, 0.4) is 0 Å². The van der Waals surface area contributed by atoms with Gasteiger partial charge >= 0.3 is 5.97 Å². The SMILES string of the molecule is CC[N+]1(C)CCOCC1.COCC(=O)O. The first-order valence-electron chi connectivity index (χ1n) is 5.16. The number of ether oxygens (including phenoxy) is 2. The molecule has 90 valence electrons. The maximum Gasteiger partial charge on any atom is 0.329 e. The van der Waals surface area contributed by atoms with Crippen LogP contribution in [0.25, 0.3) is 0 Å². The van der Waals surface area contributed by atoms with Gasteiger partial charge in [0.2, 0.25) is 0 Å². The zero-order valence-electron chi connectivity index (χ0n) is 9.86. The van der Waals surface area contributed by atoms with Gasteiger partial charge in [0.25, 0.3) is 0 Å². The Hall–Kier alpha value is -0.650. The van der Waals surface area contributed by atoms with E-state index in [1.165, 1.54) is 31.2 Å². The zero-order valence-corrected chi connectivity index (χ0v) is 9.86. The molecule has 5 heteroatoms. The lowest BCUT2D eigenvalue weighted by molar-refractivity contribution is -0.915. The molecule has 15 heavy (non-hydrogen) atoms. The summed E-state index contributed by atoms with van der Waals surface area (Å²) in [6.07, 6.45) is 0. The highest BCUT2D eigenvalue weighted by atomic mass is 16.5. The minimum atomic E-state index is -0.933. The van der Waals surface area contributed by atoms with E-state index < -0.39 is 5.97 Å². The fourth-order valence-electron chi connectivity index (χ4n) is 1.22. The topological polar surface area (TPSA) is 55.8 Å². The van der Waals surface area contributed by atoms with Crippen LogP contribution < -0.4 is 0 Å².